The number of aromatic nitrogens is 1. The molecular weight excluding hydrogens is 244 g/mol. The number of aliphatic hydroxyl groups excluding tert-OH is 1. The van der Waals surface area contributed by atoms with E-state index in [0.29, 0.717) is 18.0 Å². The first-order valence-electron chi connectivity index (χ1n) is 6.55. The average molecular weight is 264 g/mol. The van der Waals surface area contributed by atoms with Crippen LogP contribution in [0.25, 0.3) is 11.1 Å². The number of nitrogens with zero attached hydrogens (tertiary/aromatic N) is 1. The largest absolute Gasteiger partial charge is 0.420 e. The highest BCUT2D eigenvalue weighted by atomic mass is 16.4. The molecule has 2 aromatic rings. The Balaban J connectivity index is 2.04. The van der Waals surface area contributed by atoms with Gasteiger partial charge in [-0.3, -0.25) is 4.57 Å². The molecule has 0 radical (unpaired) electrons. The minimum Gasteiger partial charge on any atom is -0.408 e. The molecule has 19 heavy (non-hydrogen) atoms. The predicted octanol–water partition coefficient (Wildman–Crippen LogP) is 1.20. The van der Waals surface area contributed by atoms with E-state index in [9.17, 15) is 9.90 Å². The first-order chi connectivity index (χ1) is 9.08. The van der Waals surface area contributed by atoms with Crippen LogP contribution in [-0.4, -0.2) is 28.9 Å². The van der Waals surface area contributed by atoms with E-state index >= 15 is 0 Å². The number of fused-ring (bicyclic) bond motifs is 1. The SMILES string of the molecule is CC(C)CNCC(O)Cn1c(=O)oc2ccccc21. The molecule has 5 nitrogen and oxygen atoms in total. The van der Waals surface area contributed by atoms with Crippen molar-refractivity contribution in [1.29, 1.82) is 0 Å². The number of oxazole rings is 1. The van der Waals surface area contributed by atoms with Crippen LogP contribution in [0.1, 0.15) is 13.8 Å². The van der Waals surface area contributed by atoms with Gasteiger partial charge in [0.05, 0.1) is 18.2 Å². The first kappa shape index (κ1) is 13.8. The quantitative estimate of drug-likeness (QED) is 0.822. The second-order valence-electron chi connectivity index (χ2n) is 5.15. The van der Waals surface area contributed by atoms with E-state index in [2.05, 4.69) is 19.2 Å². The van der Waals surface area contributed by atoms with Crippen molar-refractivity contribution in [2.24, 2.45) is 5.92 Å². The minimum atomic E-state index is -0.613. The zero-order chi connectivity index (χ0) is 13.8. The monoisotopic (exact) mass is 264 g/mol. The summed E-state index contributed by atoms with van der Waals surface area (Å²) in [6.07, 6.45) is -0.613. The molecule has 0 fully saturated rings. The Hall–Kier alpha value is -1.59. The number of para-hydroxylation sites is 2. The van der Waals surface area contributed by atoms with E-state index in [1.54, 1.807) is 6.07 Å². The molecule has 1 aromatic carbocycles. The number of hydrogen-bond donors (Lipinski definition) is 2. The van der Waals surface area contributed by atoms with Crippen molar-refractivity contribution in [1.82, 2.24) is 9.88 Å². The molecule has 2 rings (SSSR count). The van der Waals surface area contributed by atoms with Crippen molar-refractivity contribution in [2.45, 2.75) is 26.5 Å². The molecule has 0 aliphatic rings. The van der Waals surface area contributed by atoms with Crippen LogP contribution in [0, 0.1) is 5.92 Å². The van der Waals surface area contributed by atoms with Crippen LogP contribution < -0.4 is 11.1 Å². The number of rotatable bonds is 6. The fourth-order valence-electron chi connectivity index (χ4n) is 2.00. The Morgan fingerprint density at radius 2 is 2.05 bits per heavy atom. The van der Waals surface area contributed by atoms with Gasteiger partial charge in [0.1, 0.15) is 0 Å². The summed E-state index contributed by atoms with van der Waals surface area (Å²) < 4.78 is 6.59. The van der Waals surface area contributed by atoms with Gasteiger partial charge in [-0.15, -0.1) is 0 Å². The molecule has 0 aliphatic carbocycles. The molecule has 2 N–H and O–H groups in total. The fourth-order valence-corrected chi connectivity index (χ4v) is 2.00. The lowest BCUT2D eigenvalue weighted by molar-refractivity contribution is 0.149. The van der Waals surface area contributed by atoms with Gasteiger partial charge in [-0.05, 0) is 24.6 Å². The summed E-state index contributed by atoms with van der Waals surface area (Å²) in [6.45, 7) is 5.75. The third-order valence-electron chi connectivity index (χ3n) is 2.90. The summed E-state index contributed by atoms with van der Waals surface area (Å²) in [7, 11) is 0. The van der Waals surface area contributed by atoms with Crippen LogP contribution in [0.5, 0.6) is 0 Å². The molecule has 0 aliphatic heterocycles. The lowest BCUT2D eigenvalue weighted by atomic mass is 10.2. The highest BCUT2D eigenvalue weighted by Gasteiger charge is 2.12. The maximum absolute atomic E-state index is 11.7. The molecule has 5 heteroatoms. The van der Waals surface area contributed by atoms with Crippen molar-refractivity contribution in [3.8, 4) is 0 Å². The van der Waals surface area contributed by atoms with Crippen LogP contribution in [0.3, 0.4) is 0 Å². The molecule has 1 unspecified atom stereocenters. The molecule has 1 aromatic heterocycles. The maximum atomic E-state index is 11.7. The number of nitrogens with one attached hydrogen (secondary N) is 1. The number of aliphatic hydroxyl groups is 1. The molecule has 0 saturated carbocycles. The summed E-state index contributed by atoms with van der Waals surface area (Å²) in [6, 6.07) is 7.22. The molecule has 0 spiro atoms. The topological polar surface area (TPSA) is 67.4 Å². The molecule has 0 saturated heterocycles. The zero-order valence-corrected chi connectivity index (χ0v) is 11.3. The van der Waals surface area contributed by atoms with Gasteiger partial charge in [-0.25, -0.2) is 4.79 Å². The van der Waals surface area contributed by atoms with E-state index in [0.717, 1.165) is 12.1 Å². The third-order valence-corrected chi connectivity index (χ3v) is 2.90. The van der Waals surface area contributed by atoms with E-state index in [1.165, 1.54) is 4.57 Å². The van der Waals surface area contributed by atoms with Gasteiger partial charge in [-0.2, -0.15) is 0 Å². The summed E-state index contributed by atoms with van der Waals surface area (Å²) in [5.41, 5.74) is 1.27. The van der Waals surface area contributed by atoms with Crippen LogP contribution in [0.2, 0.25) is 0 Å². The summed E-state index contributed by atoms with van der Waals surface area (Å²) >= 11 is 0. The Labute approximate surface area is 111 Å². The average Bonchev–Trinajstić information content (AvgIpc) is 2.66. The van der Waals surface area contributed by atoms with Gasteiger partial charge in [0, 0.05) is 6.54 Å². The van der Waals surface area contributed by atoms with E-state index < -0.39 is 11.9 Å². The Bertz CT molecular complexity index is 586. The van der Waals surface area contributed by atoms with Gasteiger partial charge in [0.25, 0.3) is 0 Å². The van der Waals surface area contributed by atoms with Crippen molar-refractivity contribution in [3.63, 3.8) is 0 Å². The molecular formula is C14H20N2O3. The predicted molar refractivity (Wildman–Crippen MR) is 74.2 cm³/mol. The smallest absolute Gasteiger partial charge is 0.408 e. The minimum absolute atomic E-state index is 0.237. The Morgan fingerprint density at radius 3 is 2.79 bits per heavy atom. The standard InChI is InChI=1S/C14H20N2O3/c1-10(2)7-15-8-11(17)9-16-12-5-3-4-6-13(12)19-14(16)18/h3-6,10-11,15,17H,7-9H2,1-2H3. The third kappa shape index (κ3) is 3.45. The summed E-state index contributed by atoms with van der Waals surface area (Å²) in [5, 5.41) is 13.1. The first-order valence-corrected chi connectivity index (χ1v) is 6.55. The fraction of sp³-hybridized carbons (Fsp3) is 0.500. The van der Waals surface area contributed by atoms with Gasteiger partial charge < -0.3 is 14.8 Å². The van der Waals surface area contributed by atoms with Crippen LogP contribution in [0.4, 0.5) is 0 Å². The molecule has 104 valence electrons. The van der Waals surface area contributed by atoms with Gasteiger partial charge in [0.2, 0.25) is 0 Å². The Kier molecular flexibility index (Phi) is 4.39. The van der Waals surface area contributed by atoms with Crippen molar-refractivity contribution >= 4 is 11.1 Å². The molecule has 0 bridgehead atoms. The lowest BCUT2D eigenvalue weighted by Gasteiger charge is -2.13. The van der Waals surface area contributed by atoms with Gasteiger partial charge >= 0.3 is 5.76 Å². The van der Waals surface area contributed by atoms with E-state index in [1.807, 2.05) is 18.2 Å². The van der Waals surface area contributed by atoms with Gasteiger partial charge in [-0.1, -0.05) is 26.0 Å². The van der Waals surface area contributed by atoms with Crippen LogP contribution in [0.15, 0.2) is 33.5 Å². The number of hydrogen-bond acceptors (Lipinski definition) is 4. The Morgan fingerprint density at radius 1 is 1.32 bits per heavy atom. The second-order valence-corrected chi connectivity index (χ2v) is 5.15. The van der Waals surface area contributed by atoms with E-state index in [-0.39, 0.29) is 6.54 Å². The van der Waals surface area contributed by atoms with Crippen LogP contribution >= 0.6 is 0 Å². The molecule has 0 amide bonds. The van der Waals surface area contributed by atoms with E-state index in [4.69, 9.17) is 4.42 Å². The highest BCUT2D eigenvalue weighted by Crippen LogP contribution is 2.11. The zero-order valence-electron chi connectivity index (χ0n) is 11.3. The van der Waals surface area contributed by atoms with Crippen molar-refractivity contribution < 1.29 is 9.52 Å². The highest BCUT2D eigenvalue weighted by molar-refractivity contribution is 5.72. The van der Waals surface area contributed by atoms with Crippen LogP contribution in [-0.2, 0) is 6.54 Å². The number of benzene rings is 1. The van der Waals surface area contributed by atoms with Crippen molar-refractivity contribution in [2.75, 3.05) is 13.1 Å². The normalized spacial score (nSPS) is 13.3. The summed E-state index contributed by atoms with van der Waals surface area (Å²) in [4.78, 5) is 11.7. The van der Waals surface area contributed by atoms with Crippen molar-refractivity contribution in [3.05, 3.63) is 34.8 Å². The van der Waals surface area contributed by atoms with Gasteiger partial charge in [0.15, 0.2) is 5.58 Å². The molecule has 1 heterocycles. The lowest BCUT2D eigenvalue weighted by Crippen LogP contribution is -2.34. The molecule has 1 atom stereocenters. The maximum Gasteiger partial charge on any atom is 0.420 e. The second kappa shape index (κ2) is 6.04. The summed E-state index contributed by atoms with van der Waals surface area (Å²) in [5.74, 6) is 0.105.